The topological polar surface area (TPSA) is 84.9 Å². The lowest BCUT2D eigenvalue weighted by atomic mass is 9.88. The minimum absolute atomic E-state index is 0.0363. The van der Waals surface area contributed by atoms with Gasteiger partial charge in [0.1, 0.15) is 17.6 Å². The van der Waals surface area contributed by atoms with Crippen LogP contribution in [0.2, 0.25) is 0 Å². The normalized spacial score (nSPS) is 14.6. The van der Waals surface area contributed by atoms with Crippen molar-refractivity contribution >= 4 is 21.7 Å². The van der Waals surface area contributed by atoms with E-state index < -0.39 is 28.8 Å². The van der Waals surface area contributed by atoms with E-state index in [9.17, 15) is 22.0 Å². The molecule has 1 heterocycles. The minimum atomic E-state index is -3.74. The summed E-state index contributed by atoms with van der Waals surface area (Å²) < 4.78 is 61.7. The Kier molecular flexibility index (Phi) is 6.43. The molecule has 1 aliphatic rings. The number of alkyl halides is 2. The maximum atomic E-state index is 13.1. The molecule has 4 rings (SSSR count). The fraction of sp³-hybridized carbons (Fsp3) is 0.208. The zero-order valence-electron chi connectivity index (χ0n) is 18.4. The lowest BCUT2D eigenvalue weighted by molar-refractivity contribution is -0.0496. The summed E-state index contributed by atoms with van der Waals surface area (Å²) in [6.45, 7) is -1.58. The van der Waals surface area contributed by atoms with Crippen molar-refractivity contribution in [3.63, 3.8) is 0 Å². The number of hydrogen-bond acceptors (Lipinski definition) is 5. The second-order valence-corrected chi connectivity index (χ2v) is 9.81. The maximum Gasteiger partial charge on any atom is 0.387 e. The highest BCUT2D eigenvalue weighted by Gasteiger charge is 2.31. The van der Waals surface area contributed by atoms with Crippen LogP contribution in [0.15, 0.2) is 66.7 Å². The van der Waals surface area contributed by atoms with Crippen LogP contribution in [0.5, 0.6) is 11.5 Å². The van der Waals surface area contributed by atoms with Crippen molar-refractivity contribution in [3.8, 4) is 22.6 Å². The molecular weight excluding hydrogens is 466 g/mol. The number of benzene rings is 3. The molecule has 0 aliphatic carbocycles. The fourth-order valence-corrected chi connectivity index (χ4v) is 4.43. The van der Waals surface area contributed by atoms with Gasteiger partial charge in [0, 0.05) is 18.3 Å². The molecule has 178 valence electrons. The molecule has 0 fully saturated rings. The monoisotopic (exact) mass is 488 g/mol. The van der Waals surface area contributed by atoms with Gasteiger partial charge in [-0.15, -0.1) is 0 Å². The molecule has 3 aromatic rings. The molecule has 2 amide bonds. The van der Waals surface area contributed by atoms with Gasteiger partial charge in [-0.2, -0.15) is 8.78 Å². The number of carbonyl (C=O) groups excluding carboxylic acids is 1. The van der Waals surface area contributed by atoms with E-state index in [1.54, 1.807) is 30.3 Å². The maximum absolute atomic E-state index is 13.1. The van der Waals surface area contributed by atoms with E-state index in [0.29, 0.717) is 32.4 Å². The number of fused-ring (bicyclic) bond motifs is 3. The number of anilines is 1. The van der Waals surface area contributed by atoms with Crippen molar-refractivity contribution in [2.45, 2.75) is 19.6 Å². The summed E-state index contributed by atoms with van der Waals surface area (Å²) in [4.78, 5) is 12.5. The molecule has 0 aromatic heterocycles. The molecule has 1 N–H and O–H groups in total. The minimum Gasteiger partial charge on any atom is -0.480 e. The van der Waals surface area contributed by atoms with Gasteiger partial charge in [-0.3, -0.25) is 0 Å². The molecule has 3 aromatic carbocycles. The number of urea groups is 1. The second-order valence-electron chi connectivity index (χ2n) is 7.52. The Bertz CT molecular complexity index is 1320. The first-order valence-electron chi connectivity index (χ1n) is 10.4. The molecule has 0 spiro atoms. The smallest absolute Gasteiger partial charge is 0.387 e. The van der Waals surface area contributed by atoms with E-state index in [4.69, 9.17) is 9.47 Å². The Labute approximate surface area is 196 Å². The third-order valence-corrected chi connectivity index (χ3v) is 7.20. The van der Waals surface area contributed by atoms with Gasteiger partial charge >= 0.3 is 12.6 Å². The molecule has 1 atom stereocenters. The zero-order chi connectivity index (χ0) is 24.5. The number of carbonyl (C=O) groups is 1. The number of rotatable bonds is 6. The summed E-state index contributed by atoms with van der Waals surface area (Å²) >= 11 is 0. The average molecular weight is 489 g/mol. The molecule has 0 saturated heterocycles. The first-order valence-corrected chi connectivity index (χ1v) is 12.0. The number of nitrogens with one attached hydrogen (secondary N) is 1. The van der Waals surface area contributed by atoms with Crippen LogP contribution in [0.1, 0.15) is 24.2 Å². The first-order chi connectivity index (χ1) is 16.2. The highest BCUT2D eigenvalue weighted by atomic mass is 32.2. The summed E-state index contributed by atoms with van der Waals surface area (Å²) in [5.41, 5.74) is 2.70. The Hall–Kier alpha value is -3.66. The molecule has 0 bridgehead atoms. The van der Waals surface area contributed by atoms with Crippen molar-refractivity contribution in [1.82, 2.24) is 4.31 Å². The van der Waals surface area contributed by atoms with E-state index in [1.165, 1.54) is 20.0 Å². The Morgan fingerprint density at radius 3 is 2.53 bits per heavy atom. The first kappa shape index (κ1) is 23.5. The largest absolute Gasteiger partial charge is 0.480 e. The SMILES string of the molecule is CCS(=O)(=O)N(C)C(=O)Nc1ccc2c(c1)C(c1ccccc1)Oc1cccc(OC(F)F)c1-2. The van der Waals surface area contributed by atoms with Gasteiger partial charge in [-0.1, -0.05) is 42.5 Å². The van der Waals surface area contributed by atoms with Crippen LogP contribution in [-0.2, 0) is 10.0 Å². The van der Waals surface area contributed by atoms with Crippen LogP contribution in [0.4, 0.5) is 19.3 Å². The van der Waals surface area contributed by atoms with E-state index >= 15 is 0 Å². The van der Waals surface area contributed by atoms with Gasteiger partial charge in [0.2, 0.25) is 10.0 Å². The number of sulfonamides is 1. The molecule has 10 heteroatoms. The van der Waals surface area contributed by atoms with Crippen molar-refractivity contribution < 1.29 is 31.5 Å². The number of nitrogens with zero attached hydrogens (tertiary/aromatic N) is 1. The Morgan fingerprint density at radius 2 is 1.85 bits per heavy atom. The van der Waals surface area contributed by atoms with Gasteiger partial charge in [0.15, 0.2) is 0 Å². The van der Waals surface area contributed by atoms with Crippen LogP contribution < -0.4 is 14.8 Å². The van der Waals surface area contributed by atoms with Crippen molar-refractivity contribution in [2.24, 2.45) is 0 Å². The second kappa shape index (κ2) is 9.30. The van der Waals surface area contributed by atoms with Gasteiger partial charge < -0.3 is 14.8 Å². The van der Waals surface area contributed by atoms with Crippen LogP contribution in [-0.4, -0.2) is 38.2 Å². The van der Waals surface area contributed by atoms with Crippen LogP contribution >= 0.6 is 0 Å². The predicted molar refractivity (Wildman–Crippen MR) is 124 cm³/mol. The Morgan fingerprint density at radius 1 is 1.12 bits per heavy atom. The third-order valence-electron chi connectivity index (χ3n) is 5.47. The molecular formula is C24H22F2N2O5S. The summed E-state index contributed by atoms with van der Waals surface area (Å²) in [7, 11) is -2.56. The predicted octanol–water partition coefficient (Wildman–Crippen LogP) is 5.25. The Balaban J connectivity index is 1.80. The number of halogens is 2. The van der Waals surface area contributed by atoms with E-state index in [0.717, 1.165) is 5.56 Å². The van der Waals surface area contributed by atoms with Crippen molar-refractivity contribution in [3.05, 3.63) is 77.9 Å². The van der Waals surface area contributed by atoms with Gasteiger partial charge in [-0.25, -0.2) is 17.5 Å². The summed E-state index contributed by atoms with van der Waals surface area (Å²) in [5.74, 6) is 0.116. The summed E-state index contributed by atoms with van der Waals surface area (Å²) in [6, 6.07) is 18.0. The van der Waals surface area contributed by atoms with E-state index in [2.05, 4.69) is 5.32 Å². The van der Waals surface area contributed by atoms with Crippen molar-refractivity contribution in [2.75, 3.05) is 18.1 Å². The third kappa shape index (κ3) is 4.54. The molecule has 0 saturated carbocycles. The van der Waals surface area contributed by atoms with Gasteiger partial charge in [-0.05, 0) is 42.3 Å². The molecule has 0 radical (unpaired) electrons. The summed E-state index contributed by atoms with van der Waals surface area (Å²) in [6.07, 6.45) is -0.598. The quantitative estimate of drug-likeness (QED) is 0.512. The van der Waals surface area contributed by atoms with Crippen molar-refractivity contribution in [1.29, 1.82) is 0 Å². The average Bonchev–Trinajstić information content (AvgIpc) is 2.83. The molecule has 1 unspecified atom stereocenters. The van der Waals surface area contributed by atoms with Gasteiger partial charge in [0.05, 0.1) is 11.3 Å². The number of ether oxygens (including phenoxy) is 2. The lowest BCUT2D eigenvalue weighted by Crippen LogP contribution is -2.37. The van der Waals surface area contributed by atoms with Crippen LogP contribution in [0, 0.1) is 0 Å². The van der Waals surface area contributed by atoms with E-state index in [1.807, 2.05) is 30.3 Å². The zero-order valence-corrected chi connectivity index (χ0v) is 19.2. The van der Waals surface area contributed by atoms with Crippen LogP contribution in [0.3, 0.4) is 0 Å². The summed E-state index contributed by atoms with van der Waals surface area (Å²) in [5, 5.41) is 2.58. The number of amides is 2. The van der Waals surface area contributed by atoms with Gasteiger partial charge in [0.25, 0.3) is 0 Å². The van der Waals surface area contributed by atoms with Crippen LogP contribution in [0.25, 0.3) is 11.1 Å². The number of hydrogen-bond donors (Lipinski definition) is 1. The highest BCUT2D eigenvalue weighted by Crippen LogP contribution is 2.49. The highest BCUT2D eigenvalue weighted by molar-refractivity contribution is 7.89. The van der Waals surface area contributed by atoms with E-state index in [-0.39, 0.29) is 11.5 Å². The lowest BCUT2D eigenvalue weighted by Gasteiger charge is -2.31. The molecule has 34 heavy (non-hydrogen) atoms. The molecule has 1 aliphatic heterocycles. The fourth-order valence-electron chi connectivity index (χ4n) is 3.74. The molecule has 7 nitrogen and oxygen atoms in total. The standard InChI is InChI=1S/C24H22F2N2O5S/c1-3-34(30,31)28(2)24(29)27-16-12-13-17-18(14-16)22(15-8-5-4-6-9-15)32-19-10-7-11-20(21(17)19)33-23(25)26/h4-14,22-23H,3H2,1-2H3,(H,27,29).